The van der Waals surface area contributed by atoms with E-state index in [0.717, 1.165) is 18.1 Å². The third-order valence-corrected chi connectivity index (χ3v) is 6.69. The monoisotopic (exact) mass is 350 g/mol. The Bertz CT molecular complexity index is 312. The Morgan fingerprint density at radius 3 is 1.84 bits per heavy atom. The normalized spacial score (nSPS) is 21.7. The Morgan fingerprint density at radius 2 is 1.32 bits per heavy atom. The van der Waals surface area contributed by atoms with Gasteiger partial charge in [0.15, 0.2) is 0 Å². The minimum Gasteiger partial charge on any atom is -0.299 e. The molecule has 2 nitrogen and oxygen atoms in total. The van der Waals surface area contributed by atoms with E-state index < -0.39 is 0 Å². The Balaban J connectivity index is 1.72. The second-order valence-corrected chi connectivity index (χ2v) is 8.89. The van der Waals surface area contributed by atoms with Gasteiger partial charge in [-0.3, -0.25) is 9.80 Å². The number of hydrogen-bond acceptors (Lipinski definition) is 2. The van der Waals surface area contributed by atoms with Gasteiger partial charge >= 0.3 is 0 Å². The topological polar surface area (TPSA) is 6.48 Å². The lowest BCUT2D eigenvalue weighted by Gasteiger charge is -2.30. The maximum atomic E-state index is 2.88. The summed E-state index contributed by atoms with van der Waals surface area (Å²) in [6.45, 7) is 7.34. The first-order chi connectivity index (χ1) is 12.3. The fourth-order valence-electron chi connectivity index (χ4n) is 4.69. The number of rotatable bonds is 15. The van der Waals surface area contributed by atoms with E-state index in [-0.39, 0.29) is 0 Å². The van der Waals surface area contributed by atoms with Crippen LogP contribution in [-0.2, 0) is 0 Å². The van der Waals surface area contributed by atoms with Crippen molar-refractivity contribution < 1.29 is 0 Å². The molecule has 1 aliphatic carbocycles. The van der Waals surface area contributed by atoms with Crippen molar-refractivity contribution in [1.29, 1.82) is 0 Å². The molecule has 1 atom stereocenters. The largest absolute Gasteiger partial charge is 0.299 e. The maximum Gasteiger partial charge on any atom is 0.0235 e. The molecule has 0 bridgehead atoms. The summed E-state index contributed by atoms with van der Waals surface area (Å²) in [4.78, 5) is 5.59. The third kappa shape index (κ3) is 7.99. The lowest BCUT2D eigenvalue weighted by Crippen LogP contribution is -2.39. The molecular formula is C23H46N2. The molecule has 2 aliphatic rings. The van der Waals surface area contributed by atoms with E-state index in [4.69, 9.17) is 0 Å². The molecule has 0 radical (unpaired) electrons. The lowest BCUT2D eigenvalue weighted by atomic mass is 9.99. The molecule has 0 aromatic rings. The summed E-state index contributed by atoms with van der Waals surface area (Å²) < 4.78 is 0. The van der Waals surface area contributed by atoms with Gasteiger partial charge in [0.2, 0.25) is 0 Å². The van der Waals surface area contributed by atoms with E-state index in [1.807, 2.05) is 0 Å². The van der Waals surface area contributed by atoms with Gasteiger partial charge in [-0.2, -0.15) is 0 Å². The van der Waals surface area contributed by atoms with Gasteiger partial charge < -0.3 is 0 Å². The summed E-state index contributed by atoms with van der Waals surface area (Å²) in [7, 11) is 2.39. The third-order valence-electron chi connectivity index (χ3n) is 6.69. The molecule has 0 amide bonds. The quantitative estimate of drug-likeness (QED) is 0.322. The molecule has 2 rings (SSSR count). The first-order valence-corrected chi connectivity index (χ1v) is 11.7. The van der Waals surface area contributed by atoms with Crippen LogP contribution in [0.5, 0.6) is 0 Å². The van der Waals surface area contributed by atoms with Crippen LogP contribution in [0.3, 0.4) is 0 Å². The summed E-state index contributed by atoms with van der Waals surface area (Å²) in [5, 5.41) is 0. The van der Waals surface area contributed by atoms with Crippen molar-refractivity contribution in [3.63, 3.8) is 0 Å². The van der Waals surface area contributed by atoms with Crippen molar-refractivity contribution >= 4 is 0 Å². The molecule has 1 aliphatic heterocycles. The SMILES string of the molecule is CCCCCCCC(CCCCCCC)N1CCC(N(C)C2CC2)C1. The standard InChI is InChI=1S/C23H46N2/c1-4-6-8-10-12-14-22(15-13-11-9-7-5-2)25-19-18-23(20-25)24(3)21-16-17-21/h21-23H,4-20H2,1-3H3. The summed E-state index contributed by atoms with van der Waals surface area (Å²) in [5.41, 5.74) is 0. The zero-order chi connectivity index (χ0) is 17.9. The smallest absolute Gasteiger partial charge is 0.0235 e. The van der Waals surface area contributed by atoms with E-state index >= 15 is 0 Å². The van der Waals surface area contributed by atoms with Gasteiger partial charge in [-0.25, -0.2) is 0 Å². The first kappa shape index (κ1) is 21.2. The van der Waals surface area contributed by atoms with Crippen LogP contribution in [0.25, 0.3) is 0 Å². The highest BCUT2D eigenvalue weighted by Crippen LogP contribution is 2.31. The number of unbranched alkanes of at least 4 members (excludes halogenated alkanes) is 8. The molecule has 1 heterocycles. The molecule has 0 aromatic heterocycles. The van der Waals surface area contributed by atoms with Crippen molar-refractivity contribution in [2.45, 2.75) is 128 Å². The molecular weight excluding hydrogens is 304 g/mol. The minimum absolute atomic E-state index is 0.843. The van der Waals surface area contributed by atoms with Gasteiger partial charge in [0.05, 0.1) is 0 Å². The van der Waals surface area contributed by atoms with E-state index in [0.29, 0.717) is 0 Å². The molecule has 25 heavy (non-hydrogen) atoms. The lowest BCUT2D eigenvalue weighted by molar-refractivity contribution is 0.177. The average molecular weight is 351 g/mol. The fourth-order valence-corrected chi connectivity index (χ4v) is 4.69. The van der Waals surface area contributed by atoms with E-state index in [2.05, 4.69) is 30.7 Å². The van der Waals surface area contributed by atoms with Crippen LogP contribution < -0.4 is 0 Å². The molecule has 1 unspecified atom stereocenters. The second-order valence-electron chi connectivity index (χ2n) is 8.89. The summed E-state index contributed by atoms with van der Waals surface area (Å²) in [6.07, 6.45) is 21.5. The van der Waals surface area contributed by atoms with Crippen molar-refractivity contribution in [1.82, 2.24) is 9.80 Å². The van der Waals surface area contributed by atoms with Gasteiger partial charge in [-0.15, -0.1) is 0 Å². The highest BCUT2D eigenvalue weighted by atomic mass is 15.3. The Hall–Kier alpha value is -0.0800. The zero-order valence-corrected chi connectivity index (χ0v) is 17.6. The molecule has 148 valence electrons. The summed E-state index contributed by atoms with van der Waals surface area (Å²) in [5.74, 6) is 0. The minimum atomic E-state index is 0.843. The molecule has 0 aromatic carbocycles. The van der Waals surface area contributed by atoms with Gasteiger partial charge in [0.25, 0.3) is 0 Å². The van der Waals surface area contributed by atoms with Crippen molar-refractivity contribution in [2.24, 2.45) is 0 Å². The predicted octanol–water partition coefficient (Wildman–Crippen LogP) is 6.24. The van der Waals surface area contributed by atoms with Gasteiger partial charge in [-0.1, -0.05) is 78.1 Å². The van der Waals surface area contributed by atoms with E-state index in [9.17, 15) is 0 Å². The predicted molar refractivity (Wildman–Crippen MR) is 111 cm³/mol. The van der Waals surface area contributed by atoms with Crippen molar-refractivity contribution in [3.8, 4) is 0 Å². The van der Waals surface area contributed by atoms with Crippen molar-refractivity contribution in [2.75, 3.05) is 20.1 Å². The summed E-state index contributed by atoms with van der Waals surface area (Å²) >= 11 is 0. The average Bonchev–Trinajstić information content (AvgIpc) is 3.36. The highest BCUT2D eigenvalue weighted by Gasteiger charge is 2.36. The number of nitrogens with zero attached hydrogens (tertiary/aromatic N) is 2. The first-order valence-electron chi connectivity index (χ1n) is 11.7. The number of likely N-dealkylation sites (N-methyl/N-ethyl adjacent to an activating group) is 1. The molecule has 0 N–H and O–H groups in total. The molecule has 1 saturated carbocycles. The number of likely N-dealkylation sites (tertiary alicyclic amines) is 1. The molecule has 2 heteroatoms. The Morgan fingerprint density at radius 1 is 0.760 bits per heavy atom. The second kappa shape index (κ2) is 12.3. The van der Waals surface area contributed by atoms with Crippen LogP contribution in [0.15, 0.2) is 0 Å². The Kier molecular flexibility index (Phi) is 10.5. The van der Waals surface area contributed by atoms with Crippen molar-refractivity contribution in [3.05, 3.63) is 0 Å². The Labute approximate surface area is 158 Å². The van der Waals surface area contributed by atoms with E-state index in [1.54, 1.807) is 0 Å². The highest BCUT2D eigenvalue weighted by molar-refractivity contribution is 4.92. The summed E-state index contributed by atoms with van der Waals surface area (Å²) in [6, 6.07) is 2.64. The van der Waals surface area contributed by atoms with Gasteiger partial charge in [0.1, 0.15) is 0 Å². The van der Waals surface area contributed by atoms with Crippen LogP contribution in [0.2, 0.25) is 0 Å². The van der Waals surface area contributed by atoms with Crippen LogP contribution in [-0.4, -0.2) is 48.1 Å². The molecule has 1 saturated heterocycles. The zero-order valence-electron chi connectivity index (χ0n) is 17.6. The van der Waals surface area contributed by atoms with Gasteiger partial charge in [0, 0.05) is 31.2 Å². The van der Waals surface area contributed by atoms with Crippen LogP contribution >= 0.6 is 0 Å². The van der Waals surface area contributed by atoms with Crippen LogP contribution in [0, 0.1) is 0 Å². The molecule has 2 fully saturated rings. The van der Waals surface area contributed by atoms with Crippen LogP contribution in [0.1, 0.15) is 110 Å². The van der Waals surface area contributed by atoms with Crippen LogP contribution in [0.4, 0.5) is 0 Å². The molecule has 0 spiro atoms. The fraction of sp³-hybridized carbons (Fsp3) is 1.00. The number of hydrogen-bond donors (Lipinski definition) is 0. The maximum absolute atomic E-state index is 2.88. The van der Waals surface area contributed by atoms with E-state index in [1.165, 1.54) is 109 Å². The van der Waals surface area contributed by atoms with Gasteiger partial charge in [-0.05, 0) is 39.2 Å².